The third kappa shape index (κ3) is 3.31. The normalized spacial score (nSPS) is 11.4. The molecule has 0 saturated heterocycles. The van der Waals surface area contributed by atoms with Crippen LogP contribution in [0.3, 0.4) is 0 Å². The van der Waals surface area contributed by atoms with Crippen molar-refractivity contribution in [2.75, 3.05) is 0 Å². The van der Waals surface area contributed by atoms with E-state index in [-0.39, 0.29) is 0 Å². The van der Waals surface area contributed by atoms with Crippen molar-refractivity contribution in [3.63, 3.8) is 0 Å². The quantitative estimate of drug-likeness (QED) is 0.462. The summed E-state index contributed by atoms with van der Waals surface area (Å²) in [4.78, 5) is 0. The monoisotopic (exact) mass is 95.1 g/mol. The molecule has 0 aromatic carbocycles. The van der Waals surface area contributed by atoms with Crippen molar-refractivity contribution in [2.24, 2.45) is 0 Å². The first-order chi connectivity index (χ1) is 3.31. The zero-order valence-electron chi connectivity index (χ0n) is 4.78. The highest BCUT2D eigenvalue weighted by Gasteiger charge is 1.74. The molecule has 0 saturated carbocycles. The average molecular weight is 95.2 g/mol. The van der Waals surface area contributed by atoms with Crippen LogP contribution in [0.25, 0.3) is 0 Å². The molecule has 0 aromatic heterocycles. The Labute approximate surface area is 45.5 Å². The van der Waals surface area contributed by atoms with Crippen LogP contribution in [0.2, 0.25) is 0 Å². The lowest BCUT2D eigenvalue weighted by atomic mass is 10.2. The van der Waals surface area contributed by atoms with Gasteiger partial charge in [-0.1, -0.05) is 24.3 Å². The van der Waals surface area contributed by atoms with Crippen molar-refractivity contribution in [1.29, 1.82) is 0 Å². The minimum absolute atomic E-state index is 0.881. The Kier molecular flexibility index (Phi) is 3.39. The first-order valence-corrected chi connectivity index (χ1v) is 2.38. The molecule has 0 unspecified atom stereocenters. The lowest BCUT2D eigenvalue weighted by Gasteiger charge is -1.86. The molecule has 0 N–H and O–H groups in total. The molecule has 0 fully saturated rings. The Hall–Kier alpha value is -0.520. The van der Waals surface area contributed by atoms with E-state index in [1.165, 1.54) is 5.57 Å². The first kappa shape index (κ1) is 6.48. The first-order valence-electron chi connectivity index (χ1n) is 2.38. The second-order valence-electron chi connectivity index (χ2n) is 1.50. The second kappa shape index (κ2) is 3.66. The third-order valence-electron chi connectivity index (χ3n) is 0.797. The van der Waals surface area contributed by atoms with E-state index in [1.54, 1.807) is 6.08 Å². The van der Waals surface area contributed by atoms with Crippen LogP contribution in [0.1, 0.15) is 13.3 Å². The Morgan fingerprint density at radius 3 is 2.43 bits per heavy atom. The molecule has 0 aliphatic carbocycles. The van der Waals surface area contributed by atoms with E-state index in [0.717, 1.165) is 6.42 Å². The molecule has 0 aliphatic rings. The van der Waals surface area contributed by atoms with Crippen molar-refractivity contribution in [2.45, 2.75) is 13.3 Å². The van der Waals surface area contributed by atoms with E-state index < -0.39 is 0 Å². The van der Waals surface area contributed by atoms with Gasteiger partial charge in [0.1, 0.15) is 0 Å². The number of hydrogen-bond acceptors (Lipinski definition) is 0. The summed E-state index contributed by atoms with van der Waals surface area (Å²) in [5.74, 6) is 0. The van der Waals surface area contributed by atoms with Gasteiger partial charge in [-0.15, -0.1) is 0 Å². The predicted octanol–water partition coefficient (Wildman–Crippen LogP) is 2.34. The van der Waals surface area contributed by atoms with E-state index in [0.29, 0.717) is 0 Å². The predicted molar refractivity (Wildman–Crippen MR) is 33.9 cm³/mol. The van der Waals surface area contributed by atoms with Crippen LogP contribution in [0.15, 0.2) is 24.3 Å². The second-order valence-corrected chi connectivity index (χ2v) is 1.50. The average Bonchev–Trinajstić information content (AvgIpc) is 1.68. The van der Waals surface area contributed by atoms with Crippen LogP contribution in [0.5, 0.6) is 0 Å². The molecule has 7 heavy (non-hydrogen) atoms. The molecule has 0 bridgehead atoms. The molecule has 1 radical (unpaired) electrons. The summed E-state index contributed by atoms with van der Waals surface area (Å²) in [6.45, 7) is 9.27. The zero-order valence-corrected chi connectivity index (χ0v) is 4.78. The Morgan fingerprint density at radius 2 is 2.29 bits per heavy atom. The molecule has 0 aromatic rings. The van der Waals surface area contributed by atoms with Crippen molar-refractivity contribution in [1.82, 2.24) is 0 Å². The molecular formula is C7H11. The van der Waals surface area contributed by atoms with Crippen LogP contribution in [-0.4, -0.2) is 0 Å². The summed E-state index contributed by atoms with van der Waals surface area (Å²) >= 11 is 0. The molecule has 39 valence electrons. The minimum Gasteiger partial charge on any atom is -0.0991 e. The van der Waals surface area contributed by atoms with Gasteiger partial charge in [-0.05, 0) is 20.3 Å². The number of allylic oxidation sites excluding steroid dienone is 3. The largest absolute Gasteiger partial charge is 0.0991 e. The van der Waals surface area contributed by atoms with Gasteiger partial charge in [0.15, 0.2) is 0 Å². The van der Waals surface area contributed by atoms with Gasteiger partial charge in [0.25, 0.3) is 0 Å². The van der Waals surface area contributed by atoms with Crippen molar-refractivity contribution in [3.05, 3.63) is 31.2 Å². The molecule has 0 aliphatic heterocycles. The maximum Gasteiger partial charge on any atom is -0.0320 e. The summed E-state index contributed by atoms with van der Waals surface area (Å²) < 4.78 is 0. The van der Waals surface area contributed by atoms with Crippen molar-refractivity contribution < 1.29 is 0 Å². The van der Waals surface area contributed by atoms with Crippen LogP contribution in [0, 0.1) is 6.92 Å². The smallest absolute Gasteiger partial charge is 0.0320 e. The summed E-state index contributed by atoms with van der Waals surface area (Å²) in [5.41, 5.74) is 1.27. The van der Waals surface area contributed by atoms with E-state index in [2.05, 4.69) is 13.5 Å². The lowest BCUT2D eigenvalue weighted by Crippen LogP contribution is -1.65. The molecular weight excluding hydrogens is 84.1 g/mol. The number of rotatable bonds is 2. The minimum atomic E-state index is 0.881. The molecule has 0 amide bonds. The van der Waals surface area contributed by atoms with E-state index in [4.69, 9.17) is 0 Å². The maximum absolute atomic E-state index is 3.69. The van der Waals surface area contributed by atoms with E-state index in [1.807, 2.05) is 13.0 Å². The molecule has 0 rings (SSSR count). The maximum atomic E-state index is 3.69. The highest BCUT2D eigenvalue weighted by Crippen LogP contribution is 1.95. The van der Waals surface area contributed by atoms with Crippen molar-refractivity contribution >= 4 is 0 Å². The Morgan fingerprint density at radius 1 is 1.71 bits per heavy atom. The van der Waals surface area contributed by atoms with Gasteiger partial charge in [-0.25, -0.2) is 0 Å². The standard InChI is InChI=1S/C7H11/c1-4-6-7(3)5-2/h4,6H,1-2,5H2,3H3. The third-order valence-corrected chi connectivity index (χ3v) is 0.797. The van der Waals surface area contributed by atoms with Gasteiger partial charge in [0.05, 0.1) is 0 Å². The Bertz CT molecular complexity index is 78.0. The summed E-state index contributed by atoms with van der Waals surface area (Å²) in [6.07, 6.45) is 4.62. The van der Waals surface area contributed by atoms with Gasteiger partial charge in [-0.2, -0.15) is 0 Å². The van der Waals surface area contributed by atoms with E-state index in [9.17, 15) is 0 Å². The molecule has 0 heterocycles. The SMILES string of the molecule is [CH2]CC(C)=CC=C. The van der Waals surface area contributed by atoms with Gasteiger partial charge >= 0.3 is 0 Å². The highest BCUT2D eigenvalue weighted by molar-refractivity contribution is 5.07. The summed E-state index contributed by atoms with van der Waals surface area (Å²) in [5, 5.41) is 0. The van der Waals surface area contributed by atoms with Crippen LogP contribution < -0.4 is 0 Å². The summed E-state index contributed by atoms with van der Waals surface area (Å²) in [7, 11) is 0. The van der Waals surface area contributed by atoms with E-state index >= 15 is 0 Å². The van der Waals surface area contributed by atoms with Gasteiger partial charge in [0, 0.05) is 0 Å². The van der Waals surface area contributed by atoms with Crippen LogP contribution >= 0.6 is 0 Å². The topological polar surface area (TPSA) is 0 Å². The van der Waals surface area contributed by atoms with Crippen LogP contribution in [-0.2, 0) is 0 Å². The molecule has 0 atom stereocenters. The molecule has 0 heteroatoms. The fourth-order valence-corrected chi connectivity index (χ4v) is 0.285. The Balaban J connectivity index is 3.49. The lowest BCUT2D eigenvalue weighted by molar-refractivity contribution is 1.21. The van der Waals surface area contributed by atoms with Crippen LogP contribution in [0.4, 0.5) is 0 Å². The highest BCUT2D eigenvalue weighted by atomic mass is 13.8. The zero-order chi connectivity index (χ0) is 5.70. The molecule has 0 nitrogen and oxygen atoms in total. The summed E-state index contributed by atoms with van der Waals surface area (Å²) in [6, 6.07) is 0. The fourth-order valence-electron chi connectivity index (χ4n) is 0.285. The van der Waals surface area contributed by atoms with Gasteiger partial charge in [-0.3, -0.25) is 0 Å². The van der Waals surface area contributed by atoms with Gasteiger partial charge in [0.2, 0.25) is 0 Å². The van der Waals surface area contributed by atoms with Gasteiger partial charge < -0.3 is 0 Å². The number of hydrogen-bond donors (Lipinski definition) is 0. The fraction of sp³-hybridized carbons (Fsp3) is 0.286. The molecule has 0 spiro atoms. The van der Waals surface area contributed by atoms with Crippen molar-refractivity contribution in [3.8, 4) is 0 Å².